The molecule has 4 aliphatic rings. The first-order valence-electron chi connectivity index (χ1n) is 21.0. The van der Waals surface area contributed by atoms with E-state index in [2.05, 4.69) is 30.4 Å². The fraction of sp³-hybridized carbons (Fsp3) is 0.432. The molecule has 1 aliphatic carbocycles. The molecular weight excluding hydrogens is 770 g/mol. The number of nitrogens with two attached hydrogens (primary N) is 1. The Labute approximate surface area is 345 Å². The molecule has 3 amide bonds. The molecule has 3 saturated heterocycles. The Kier molecular flexibility index (Phi) is 12.2. The van der Waals surface area contributed by atoms with E-state index in [-0.39, 0.29) is 41.8 Å². The van der Waals surface area contributed by atoms with Crippen LogP contribution in [0.3, 0.4) is 0 Å². The number of hydrogen-bond acceptors (Lipinski definition) is 11. The van der Waals surface area contributed by atoms with Gasteiger partial charge in [-0.3, -0.25) is 33.6 Å². The molecule has 1 unspecified atom stereocenters. The van der Waals surface area contributed by atoms with Crippen LogP contribution >= 0.6 is 0 Å². The van der Waals surface area contributed by atoms with Crippen molar-refractivity contribution >= 4 is 40.5 Å². The Bertz CT molecular complexity index is 2480. The molecule has 15 nitrogen and oxygen atoms in total. The number of carbonyl (C=O) groups excluding carboxylic acids is 3. The lowest BCUT2D eigenvalue weighted by molar-refractivity contribution is -0.135. The summed E-state index contributed by atoms with van der Waals surface area (Å²) in [5.41, 5.74) is 8.80. The Balaban J connectivity index is 0.000000170. The van der Waals surface area contributed by atoms with Gasteiger partial charge in [-0.25, -0.2) is 19.2 Å². The third kappa shape index (κ3) is 9.03. The van der Waals surface area contributed by atoms with Crippen LogP contribution in [0, 0.1) is 11.7 Å². The summed E-state index contributed by atoms with van der Waals surface area (Å²) in [6, 6.07) is 17.9. The van der Waals surface area contributed by atoms with E-state index < -0.39 is 23.5 Å². The molecule has 16 heteroatoms. The molecule has 1 saturated carbocycles. The Morgan fingerprint density at radius 1 is 0.850 bits per heavy atom. The van der Waals surface area contributed by atoms with E-state index in [9.17, 15) is 28.4 Å². The van der Waals surface area contributed by atoms with Crippen molar-refractivity contribution in [2.24, 2.45) is 11.7 Å². The number of imide groups is 1. The van der Waals surface area contributed by atoms with E-state index >= 15 is 0 Å². The Morgan fingerprint density at radius 3 is 2.37 bits per heavy atom. The van der Waals surface area contributed by atoms with Crippen LogP contribution < -0.4 is 32.6 Å². The number of halogens is 1. The van der Waals surface area contributed by atoms with Crippen molar-refractivity contribution in [2.45, 2.75) is 88.8 Å². The molecule has 9 rings (SSSR count). The molecule has 4 N–H and O–H groups in total. The molecular formula is C44H50FN9O6. The number of oxazole rings is 1. The van der Waals surface area contributed by atoms with E-state index in [0.717, 1.165) is 70.4 Å². The van der Waals surface area contributed by atoms with Crippen molar-refractivity contribution in [1.82, 2.24) is 29.3 Å². The molecule has 60 heavy (non-hydrogen) atoms. The number of likely N-dealkylation sites (tertiary alicyclic amines) is 1. The summed E-state index contributed by atoms with van der Waals surface area (Å²) in [7, 11) is 0. The number of amides is 3. The molecule has 314 valence electrons. The molecule has 1 atom stereocenters. The van der Waals surface area contributed by atoms with Crippen LogP contribution in [0.5, 0.6) is 0 Å². The molecule has 0 radical (unpaired) electrons. The number of carbonyl (C=O) groups is 3. The highest BCUT2D eigenvalue weighted by atomic mass is 19.1. The lowest BCUT2D eigenvalue weighted by Crippen LogP contribution is -2.48. The minimum atomic E-state index is -0.739. The first-order valence-corrected chi connectivity index (χ1v) is 21.0. The predicted octanol–water partition coefficient (Wildman–Crippen LogP) is 4.92. The average molecular weight is 820 g/mol. The van der Waals surface area contributed by atoms with Gasteiger partial charge < -0.3 is 25.3 Å². The zero-order valence-electron chi connectivity index (χ0n) is 33.4. The maximum absolute atomic E-state index is 14.4. The summed E-state index contributed by atoms with van der Waals surface area (Å²) < 4.78 is 22.8. The van der Waals surface area contributed by atoms with Crippen LogP contribution in [0.25, 0.3) is 28.0 Å². The average Bonchev–Trinajstić information content (AvgIpc) is 3.59. The van der Waals surface area contributed by atoms with Gasteiger partial charge in [0.05, 0.1) is 11.7 Å². The fourth-order valence-corrected chi connectivity index (χ4v) is 9.00. The van der Waals surface area contributed by atoms with E-state index in [1.807, 2.05) is 24.3 Å². The molecule has 2 aromatic carbocycles. The first-order chi connectivity index (χ1) is 29.1. The maximum atomic E-state index is 14.4. The smallest absolute Gasteiger partial charge is 0.408 e. The normalized spacial score (nSPS) is 19.8. The highest BCUT2D eigenvalue weighted by Gasteiger charge is 2.33. The maximum Gasteiger partial charge on any atom is 0.420 e. The van der Waals surface area contributed by atoms with Crippen LogP contribution in [0.15, 0.2) is 87.1 Å². The van der Waals surface area contributed by atoms with Gasteiger partial charge in [-0.05, 0) is 88.4 Å². The Hall–Kier alpha value is -6.16. The number of nitrogens with zero attached hydrogens (tertiary/aromatic N) is 6. The standard InChI is InChI=1S/C23H29N5O5.C21H21FN4O/c24-21(30)14-5-9-26(10-6-14)15-7-11-27(12-8-15)16-1-2-17-19(13-16)33-23(32)28(17)18-3-4-20(29)25-22(18)31;22-18-14-23-21(24-16-8-2-1-3-9-16)25-20(18)15-7-6-10-17(13-15)26-12-5-4-11-19(26)27/h1-2,13-15,18H,3-12H2,(H2,24,30)(H,25,29,31);4-7,10-14,16H,1-3,8-9H2,(H,23,24,25). The summed E-state index contributed by atoms with van der Waals surface area (Å²) in [4.78, 5) is 73.0. The summed E-state index contributed by atoms with van der Waals surface area (Å²) >= 11 is 0. The molecule has 0 bridgehead atoms. The van der Waals surface area contributed by atoms with Crippen molar-refractivity contribution < 1.29 is 23.2 Å². The minimum Gasteiger partial charge on any atom is -0.408 e. The van der Waals surface area contributed by atoms with Crippen molar-refractivity contribution in [3.05, 3.63) is 99.8 Å². The largest absolute Gasteiger partial charge is 0.420 e. The zero-order valence-corrected chi connectivity index (χ0v) is 33.4. The summed E-state index contributed by atoms with van der Waals surface area (Å²) in [6.45, 7) is 3.63. The number of piperidine rings is 3. The lowest BCUT2D eigenvalue weighted by atomic mass is 9.93. The van der Waals surface area contributed by atoms with E-state index in [1.165, 1.54) is 40.7 Å². The van der Waals surface area contributed by atoms with Crippen molar-refractivity contribution in [3.8, 4) is 16.9 Å². The highest BCUT2D eigenvalue weighted by molar-refractivity contribution is 6.00. The van der Waals surface area contributed by atoms with E-state index in [4.69, 9.17) is 10.2 Å². The van der Waals surface area contributed by atoms with Crippen LogP contribution in [0.2, 0.25) is 0 Å². The topological polar surface area (TPSA) is 191 Å². The molecule has 3 aromatic heterocycles. The number of pyridine rings is 1. The van der Waals surface area contributed by atoms with Crippen molar-refractivity contribution in [2.75, 3.05) is 36.4 Å². The zero-order chi connectivity index (χ0) is 41.8. The van der Waals surface area contributed by atoms with Crippen LogP contribution in [-0.4, -0.2) is 80.0 Å². The second-order valence-electron chi connectivity index (χ2n) is 16.1. The molecule has 0 spiro atoms. The molecule has 6 heterocycles. The van der Waals surface area contributed by atoms with Gasteiger partial charge in [0.15, 0.2) is 11.4 Å². The number of nitrogens with one attached hydrogen (secondary N) is 2. The quantitative estimate of drug-likeness (QED) is 0.180. The number of anilines is 2. The monoisotopic (exact) mass is 819 g/mol. The number of hydrogen-bond donors (Lipinski definition) is 3. The van der Waals surface area contributed by atoms with Crippen molar-refractivity contribution in [3.63, 3.8) is 0 Å². The van der Waals surface area contributed by atoms with Gasteiger partial charge in [-0.1, -0.05) is 37.5 Å². The van der Waals surface area contributed by atoms with Crippen LogP contribution in [-0.2, 0) is 14.4 Å². The molecule has 3 aliphatic heterocycles. The highest BCUT2D eigenvalue weighted by Crippen LogP contribution is 2.31. The van der Waals surface area contributed by atoms with Crippen LogP contribution in [0.1, 0.15) is 76.7 Å². The third-order valence-electron chi connectivity index (χ3n) is 12.3. The Morgan fingerprint density at radius 2 is 1.63 bits per heavy atom. The molecule has 5 aromatic rings. The fourth-order valence-electron chi connectivity index (χ4n) is 9.00. The first kappa shape index (κ1) is 40.6. The lowest BCUT2D eigenvalue weighted by Gasteiger charge is -2.42. The van der Waals surface area contributed by atoms with Gasteiger partial charge >= 0.3 is 5.76 Å². The second kappa shape index (κ2) is 18.0. The number of rotatable bonds is 8. The van der Waals surface area contributed by atoms with Gasteiger partial charge in [0, 0.05) is 72.8 Å². The summed E-state index contributed by atoms with van der Waals surface area (Å²) in [6.07, 6.45) is 12.9. The summed E-state index contributed by atoms with van der Waals surface area (Å²) in [5.74, 6) is -1.59. The number of aromatic nitrogens is 4. The van der Waals surface area contributed by atoms with Gasteiger partial charge in [-0.15, -0.1) is 0 Å². The number of primary amides is 1. The minimum absolute atomic E-state index is 0.00945. The van der Waals surface area contributed by atoms with E-state index in [1.54, 1.807) is 36.5 Å². The van der Waals surface area contributed by atoms with Gasteiger partial charge in [0.2, 0.25) is 23.7 Å². The van der Waals surface area contributed by atoms with E-state index in [0.29, 0.717) is 40.4 Å². The third-order valence-corrected chi connectivity index (χ3v) is 12.3. The predicted molar refractivity (Wildman–Crippen MR) is 224 cm³/mol. The van der Waals surface area contributed by atoms with Gasteiger partial charge in [-0.2, -0.15) is 0 Å². The SMILES string of the molecule is NC(=O)C1CCN(C2CCN(c3ccc4c(c3)oc(=O)n4C3CCC(=O)NC3=O)CC2)CC1.O=c1ccccn1-c1cccc(-c2nc(NC3CCCCC3)ncc2F)c1. The van der Waals surface area contributed by atoms with Crippen molar-refractivity contribution in [1.29, 1.82) is 0 Å². The number of benzene rings is 2. The number of fused-ring (bicyclic) bond motifs is 1. The van der Waals surface area contributed by atoms with Gasteiger partial charge in [0.1, 0.15) is 11.7 Å². The van der Waals surface area contributed by atoms with Gasteiger partial charge in [0.25, 0.3) is 5.56 Å². The summed E-state index contributed by atoms with van der Waals surface area (Å²) in [5, 5.41) is 5.63. The van der Waals surface area contributed by atoms with Crippen LogP contribution in [0.4, 0.5) is 16.0 Å². The second-order valence-corrected chi connectivity index (χ2v) is 16.1. The molecule has 4 fully saturated rings.